The lowest BCUT2D eigenvalue weighted by Gasteiger charge is -2.27. The van der Waals surface area contributed by atoms with Crippen LogP contribution in [0.2, 0.25) is 0 Å². The third kappa shape index (κ3) is 3.67. The van der Waals surface area contributed by atoms with E-state index >= 15 is 0 Å². The molecule has 1 atom stereocenters. The average Bonchev–Trinajstić information content (AvgIpc) is 2.35. The van der Waals surface area contributed by atoms with Gasteiger partial charge in [-0.1, -0.05) is 0 Å². The van der Waals surface area contributed by atoms with Gasteiger partial charge >= 0.3 is 0 Å². The maximum Gasteiger partial charge on any atom is 0.161 e. The first-order chi connectivity index (χ1) is 8.47. The Labute approximate surface area is 114 Å². The van der Waals surface area contributed by atoms with Crippen molar-refractivity contribution in [3.63, 3.8) is 0 Å². The Bertz CT molecular complexity index is 420. The van der Waals surface area contributed by atoms with Gasteiger partial charge < -0.3 is 10.6 Å². The number of rotatable bonds is 6. The number of anilines is 2. The first-order valence-corrected chi connectivity index (χ1v) is 7.49. The van der Waals surface area contributed by atoms with E-state index in [1.165, 1.54) is 0 Å². The van der Waals surface area contributed by atoms with Gasteiger partial charge in [0.25, 0.3) is 0 Å². The van der Waals surface area contributed by atoms with Crippen molar-refractivity contribution in [1.82, 2.24) is 0 Å². The number of nitrogens with two attached hydrogens (primary N) is 1. The molecule has 0 radical (unpaired) electrons. The minimum atomic E-state index is 0.0134. The topological polar surface area (TPSA) is 46.3 Å². The van der Waals surface area contributed by atoms with E-state index < -0.39 is 0 Å². The van der Waals surface area contributed by atoms with Gasteiger partial charge in [0.2, 0.25) is 0 Å². The second-order valence-electron chi connectivity index (χ2n) is 4.57. The number of nitrogen functional groups attached to an aromatic ring is 1. The van der Waals surface area contributed by atoms with E-state index in [4.69, 9.17) is 5.73 Å². The molecule has 0 heterocycles. The van der Waals surface area contributed by atoms with Crippen LogP contribution in [0.25, 0.3) is 0 Å². The van der Waals surface area contributed by atoms with Gasteiger partial charge in [-0.25, -0.2) is 0 Å². The average molecular weight is 266 g/mol. The molecule has 0 fully saturated rings. The maximum atomic E-state index is 11.5. The minimum Gasteiger partial charge on any atom is -0.398 e. The predicted octanol–water partition coefficient (Wildman–Crippen LogP) is 3.05. The summed E-state index contributed by atoms with van der Waals surface area (Å²) in [6.07, 6.45) is 3.24. The molecule has 2 N–H and O–H groups in total. The van der Waals surface area contributed by atoms with Gasteiger partial charge in [0.05, 0.1) is 0 Å². The molecule has 0 aliphatic rings. The van der Waals surface area contributed by atoms with E-state index in [0.717, 1.165) is 17.9 Å². The van der Waals surface area contributed by atoms with Gasteiger partial charge in [-0.3, -0.25) is 4.79 Å². The van der Waals surface area contributed by atoms with Crippen molar-refractivity contribution >= 4 is 28.9 Å². The van der Waals surface area contributed by atoms with Crippen molar-refractivity contribution < 1.29 is 4.79 Å². The first kappa shape index (κ1) is 14.9. The second kappa shape index (κ2) is 6.69. The summed E-state index contributed by atoms with van der Waals surface area (Å²) in [7, 11) is 2.06. The Morgan fingerprint density at radius 1 is 1.50 bits per heavy atom. The van der Waals surface area contributed by atoms with E-state index in [-0.39, 0.29) is 5.78 Å². The lowest BCUT2D eigenvalue weighted by atomic mass is 10.1. The summed E-state index contributed by atoms with van der Waals surface area (Å²) in [5, 5.41) is 0. The van der Waals surface area contributed by atoms with Gasteiger partial charge in [0, 0.05) is 30.0 Å². The fourth-order valence-corrected chi connectivity index (χ4v) is 2.38. The molecule has 0 amide bonds. The zero-order valence-electron chi connectivity index (χ0n) is 11.6. The highest BCUT2D eigenvalue weighted by Crippen LogP contribution is 2.23. The van der Waals surface area contributed by atoms with Crippen LogP contribution in [0, 0.1) is 0 Å². The molecule has 100 valence electrons. The van der Waals surface area contributed by atoms with Crippen LogP contribution < -0.4 is 10.6 Å². The number of benzene rings is 1. The van der Waals surface area contributed by atoms with Crippen LogP contribution in [-0.4, -0.2) is 30.9 Å². The largest absolute Gasteiger partial charge is 0.398 e. The third-order valence-electron chi connectivity index (χ3n) is 3.22. The Kier molecular flexibility index (Phi) is 5.54. The van der Waals surface area contributed by atoms with Gasteiger partial charge in [0.1, 0.15) is 0 Å². The van der Waals surface area contributed by atoms with Crippen molar-refractivity contribution in [3.05, 3.63) is 23.8 Å². The lowest BCUT2D eigenvalue weighted by Crippen LogP contribution is -2.29. The van der Waals surface area contributed by atoms with Gasteiger partial charge in [-0.2, -0.15) is 11.8 Å². The van der Waals surface area contributed by atoms with Crippen LogP contribution >= 0.6 is 11.8 Å². The predicted molar refractivity (Wildman–Crippen MR) is 81.7 cm³/mol. The summed E-state index contributed by atoms with van der Waals surface area (Å²) in [4.78, 5) is 13.7. The quantitative estimate of drug-likeness (QED) is 0.635. The van der Waals surface area contributed by atoms with E-state index in [1.54, 1.807) is 6.92 Å². The normalized spacial score (nSPS) is 12.2. The van der Waals surface area contributed by atoms with Crippen LogP contribution in [0.5, 0.6) is 0 Å². The molecule has 0 spiro atoms. The molecule has 0 saturated heterocycles. The van der Waals surface area contributed by atoms with Crippen LogP contribution in [0.1, 0.15) is 30.6 Å². The SMILES string of the molecule is CSCCC(C)N(C)c1ccc(N)c(C(C)=O)c1. The van der Waals surface area contributed by atoms with Crippen LogP contribution in [0.15, 0.2) is 18.2 Å². The molecule has 0 aliphatic carbocycles. The van der Waals surface area contributed by atoms with Gasteiger partial charge in [0.15, 0.2) is 5.78 Å². The molecule has 1 rings (SSSR count). The smallest absolute Gasteiger partial charge is 0.161 e. The number of thioether (sulfide) groups is 1. The van der Waals surface area contributed by atoms with Gasteiger partial charge in [-0.15, -0.1) is 0 Å². The van der Waals surface area contributed by atoms with E-state index in [0.29, 0.717) is 17.3 Å². The van der Waals surface area contributed by atoms with Gasteiger partial charge in [-0.05, 0) is 50.5 Å². The van der Waals surface area contributed by atoms with E-state index in [2.05, 4.69) is 25.1 Å². The number of hydrogen-bond acceptors (Lipinski definition) is 4. The van der Waals surface area contributed by atoms with Crippen molar-refractivity contribution in [1.29, 1.82) is 0 Å². The molecule has 0 aromatic heterocycles. The molecule has 0 saturated carbocycles. The fourth-order valence-electron chi connectivity index (χ4n) is 1.81. The molecule has 0 aliphatic heterocycles. The maximum absolute atomic E-state index is 11.5. The summed E-state index contributed by atoms with van der Waals surface area (Å²) in [5.74, 6) is 1.15. The van der Waals surface area contributed by atoms with Crippen molar-refractivity contribution in [3.8, 4) is 0 Å². The molecule has 1 aromatic rings. The monoisotopic (exact) mass is 266 g/mol. The highest BCUT2D eigenvalue weighted by Gasteiger charge is 2.12. The standard InChI is InChI=1S/C14H22N2OS/c1-10(7-8-18-4)16(3)12-5-6-14(15)13(9-12)11(2)17/h5-6,9-10H,7-8,15H2,1-4H3. The number of carbonyl (C=O) groups is 1. The number of carbonyl (C=O) groups excluding carboxylic acids is 1. The van der Waals surface area contributed by atoms with E-state index in [9.17, 15) is 4.79 Å². The van der Waals surface area contributed by atoms with Crippen LogP contribution in [0.4, 0.5) is 11.4 Å². The third-order valence-corrected chi connectivity index (χ3v) is 3.87. The number of hydrogen-bond donors (Lipinski definition) is 1. The lowest BCUT2D eigenvalue weighted by molar-refractivity contribution is 0.101. The minimum absolute atomic E-state index is 0.0134. The van der Waals surface area contributed by atoms with Crippen LogP contribution in [0.3, 0.4) is 0 Å². The molecular weight excluding hydrogens is 244 g/mol. The molecule has 1 unspecified atom stereocenters. The number of nitrogens with zero attached hydrogens (tertiary/aromatic N) is 1. The van der Waals surface area contributed by atoms with Crippen molar-refractivity contribution in [2.75, 3.05) is 29.7 Å². The molecule has 0 bridgehead atoms. The zero-order chi connectivity index (χ0) is 13.7. The van der Waals surface area contributed by atoms with Crippen molar-refractivity contribution in [2.45, 2.75) is 26.3 Å². The Morgan fingerprint density at radius 3 is 2.72 bits per heavy atom. The molecule has 1 aromatic carbocycles. The molecule has 18 heavy (non-hydrogen) atoms. The molecular formula is C14H22N2OS. The highest BCUT2D eigenvalue weighted by molar-refractivity contribution is 7.98. The highest BCUT2D eigenvalue weighted by atomic mass is 32.2. The summed E-state index contributed by atoms with van der Waals surface area (Å²) in [6.45, 7) is 3.74. The van der Waals surface area contributed by atoms with Crippen molar-refractivity contribution in [2.24, 2.45) is 0 Å². The van der Waals surface area contributed by atoms with E-state index in [1.807, 2.05) is 30.0 Å². The summed E-state index contributed by atoms with van der Waals surface area (Å²) >= 11 is 1.85. The summed E-state index contributed by atoms with van der Waals surface area (Å²) < 4.78 is 0. The fraction of sp³-hybridized carbons (Fsp3) is 0.500. The zero-order valence-corrected chi connectivity index (χ0v) is 12.4. The molecule has 3 nitrogen and oxygen atoms in total. The second-order valence-corrected chi connectivity index (χ2v) is 5.55. The molecule has 4 heteroatoms. The Hall–Kier alpha value is -1.16. The first-order valence-electron chi connectivity index (χ1n) is 6.09. The Morgan fingerprint density at radius 2 is 2.17 bits per heavy atom. The van der Waals surface area contributed by atoms with Crippen LogP contribution in [-0.2, 0) is 0 Å². The Balaban J connectivity index is 2.89. The summed E-state index contributed by atoms with van der Waals surface area (Å²) in [5.41, 5.74) is 8.01. The number of ketones is 1. The summed E-state index contributed by atoms with van der Waals surface area (Å²) in [6, 6.07) is 6.11. The number of Topliss-reactive ketones (excluding diaryl/α,β-unsaturated/α-hetero) is 1.